The van der Waals surface area contributed by atoms with Gasteiger partial charge in [-0.25, -0.2) is 0 Å². The van der Waals surface area contributed by atoms with Crippen LogP contribution >= 0.6 is 0 Å². The van der Waals surface area contributed by atoms with Crippen molar-refractivity contribution in [3.8, 4) is 11.3 Å². The number of imidazole rings is 1. The molecule has 3 rings (SSSR count). The van der Waals surface area contributed by atoms with Crippen LogP contribution in [0.25, 0.3) is 17.1 Å². The zero-order valence-electron chi connectivity index (χ0n) is 9.90. The zero-order valence-corrected chi connectivity index (χ0v) is 9.90. The maximum Gasteiger partial charge on any atom is 0.416 e. The van der Waals surface area contributed by atoms with E-state index in [2.05, 4.69) is 4.98 Å². The first-order chi connectivity index (χ1) is 8.93. The van der Waals surface area contributed by atoms with Crippen molar-refractivity contribution in [2.45, 2.75) is 13.1 Å². The molecule has 1 aromatic carbocycles. The summed E-state index contributed by atoms with van der Waals surface area (Å²) in [6.45, 7) is 1.78. The summed E-state index contributed by atoms with van der Waals surface area (Å²) in [7, 11) is 0. The van der Waals surface area contributed by atoms with Crippen molar-refractivity contribution < 1.29 is 17.6 Å². The highest BCUT2D eigenvalue weighted by Crippen LogP contribution is 2.32. The minimum atomic E-state index is -4.36. The maximum absolute atomic E-state index is 12.6. The number of aryl methyl sites for hydroxylation is 1. The molecule has 0 radical (unpaired) electrons. The number of alkyl halides is 3. The van der Waals surface area contributed by atoms with Crippen LogP contribution in [-0.4, -0.2) is 9.38 Å². The lowest BCUT2D eigenvalue weighted by Gasteiger charge is -2.07. The zero-order chi connectivity index (χ0) is 13.6. The third-order valence-corrected chi connectivity index (χ3v) is 2.76. The summed E-state index contributed by atoms with van der Waals surface area (Å²) in [6.07, 6.45) is -0.994. The Morgan fingerprint density at radius 2 is 2.00 bits per heavy atom. The summed E-state index contributed by atoms with van der Waals surface area (Å²) < 4.78 is 44.9. The SMILES string of the molecule is Cc1cn2cc(-c3cccc(C(F)(F)F)c3)nc2o1. The Labute approximate surface area is 106 Å². The summed E-state index contributed by atoms with van der Waals surface area (Å²) in [4.78, 5) is 4.16. The number of hydrogen-bond acceptors (Lipinski definition) is 2. The van der Waals surface area contributed by atoms with Crippen molar-refractivity contribution in [3.63, 3.8) is 0 Å². The minimum absolute atomic E-state index is 0.366. The number of fused-ring (bicyclic) bond motifs is 1. The number of aromatic nitrogens is 2. The molecule has 6 heteroatoms. The van der Waals surface area contributed by atoms with Crippen LogP contribution in [0.1, 0.15) is 11.3 Å². The molecule has 2 heterocycles. The molecule has 0 spiro atoms. The molecule has 0 aliphatic carbocycles. The second kappa shape index (κ2) is 3.88. The van der Waals surface area contributed by atoms with E-state index >= 15 is 0 Å². The van der Waals surface area contributed by atoms with Crippen molar-refractivity contribution in [2.75, 3.05) is 0 Å². The highest BCUT2D eigenvalue weighted by molar-refractivity contribution is 5.62. The van der Waals surface area contributed by atoms with E-state index in [9.17, 15) is 13.2 Å². The quantitative estimate of drug-likeness (QED) is 0.668. The highest BCUT2D eigenvalue weighted by atomic mass is 19.4. The predicted octanol–water partition coefficient (Wildman–Crippen LogP) is 3.92. The van der Waals surface area contributed by atoms with E-state index in [0.717, 1.165) is 12.1 Å². The van der Waals surface area contributed by atoms with Crippen molar-refractivity contribution in [3.05, 3.63) is 48.0 Å². The lowest BCUT2D eigenvalue weighted by Crippen LogP contribution is -2.04. The Morgan fingerprint density at radius 3 is 2.68 bits per heavy atom. The van der Waals surface area contributed by atoms with E-state index in [1.54, 1.807) is 29.8 Å². The smallest absolute Gasteiger partial charge is 0.416 e. The summed E-state index contributed by atoms with van der Waals surface area (Å²) in [5.74, 6) is 1.06. The van der Waals surface area contributed by atoms with Crippen LogP contribution in [0.5, 0.6) is 0 Å². The number of benzene rings is 1. The fraction of sp³-hybridized carbons (Fsp3) is 0.154. The van der Waals surface area contributed by atoms with Crippen LogP contribution < -0.4 is 0 Å². The molecule has 0 unspecified atom stereocenters. The van der Waals surface area contributed by atoms with Gasteiger partial charge in [0.25, 0.3) is 0 Å². The fourth-order valence-electron chi connectivity index (χ4n) is 1.90. The molecule has 3 nitrogen and oxygen atoms in total. The largest absolute Gasteiger partial charge is 0.429 e. The van der Waals surface area contributed by atoms with Crippen molar-refractivity contribution in [1.29, 1.82) is 0 Å². The van der Waals surface area contributed by atoms with E-state index in [1.807, 2.05) is 0 Å². The average molecular weight is 266 g/mol. The Bertz CT molecular complexity index is 708. The molecule has 0 amide bonds. The van der Waals surface area contributed by atoms with E-state index in [1.165, 1.54) is 6.07 Å². The third kappa shape index (κ3) is 2.09. The Balaban J connectivity index is 2.08. The van der Waals surface area contributed by atoms with Crippen LogP contribution in [-0.2, 0) is 6.18 Å². The van der Waals surface area contributed by atoms with Gasteiger partial charge in [0.05, 0.1) is 17.5 Å². The molecule has 2 aromatic heterocycles. The van der Waals surface area contributed by atoms with Gasteiger partial charge >= 0.3 is 12.0 Å². The number of oxazole rings is 1. The van der Waals surface area contributed by atoms with Crippen LogP contribution in [0.3, 0.4) is 0 Å². The van der Waals surface area contributed by atoms with Gasteiger partial charge in [-0.3, -0.25) is 4.40 Å². The standard InChI is InChI=1S/C13H9F3N2O/c1-8-6-18-7-11(17-12(18)19-8)9-3-2-4-10(5-9)13(14,15)16/h2-7H,1H3. The number of hydrogen-bond donors (Lipinski definition) is 0. The highest BCUT2D eigenvalue weighted by Gasteiger charge is 2.30. The van der Waals surface area contributed by atoms with Crippen molar-refractivity contribution in [2.24, 2.45) is 0 Å². The molecule has 3 aromatic rings. The first-order valence-electron chi connectivity index (χ1n) is 5.56. The molecule has 0 N–H and O–H groups in total. The first kappa shape index (κ1) is 11.8. The molecule has 0 aliphatic rings. The van der Waals surface area contributed by atoms with Gasteiger partial charge in [-0.15, -0.1) is 0 Å². The number of halogens is 3. The number of nitrogens with zero attached hydrogens (tertiary/aromatic N) is 2. The lowest BCUT2D eigenvalue weighted by atomic mass is 10.1. The minimum Gasteiger partial charge on any atom is -0.429 e. The third-order valence-electron chi connectivity index (χ3n) is 2.76. The van der Waals surface area contributed by atoms with Gasteiger partial charge in [0, 0.05) is 11.8 Å². The molecular weight excluding hydrogens is 257 g/mol. The molecule has 0 atom stereocenters. The van der Waals surface area contributed by atoms with Gasteiger partial charge in [-0.1, -0.05) is 12.1 Å². The predicted molar refractivity (Wildman–Crippen MR) is 62.6 cm³/mol. The van der Waals surface area contributed by atoms with Crippen LogP contribution in [0.4, 0.5) is 13.2 Å². The summed E-state index contributed by atoms with van der Waals surface area (Å²) in [6, 6.07) is 5.07. The van der Waals surface area contributed by atoms with Gasteiger partial charge in [0.1, 0.15) is 5.76 Å². The maximum atomic E-state index is 12.6. The second-order valence-electron chi connectivity index (χ2n) is 4.24. The van der Waals surface area contributed by atoms with Crippen LogP contribution in [0.15, 0.2) is 41.1 Å². The van der Waals surface area contributed by atoms with E-state index in [0.29, 0.717) is 22.9 Å². The molecule has 0 fully saturated rings. The van der Waals surface area contributed by atoms with Crippen LogP contribution in [0, 0.1) is 6.92 Å². The molecule has 98 valence electrons. The van der Waals surface area contributed by atoms with Crippen molar-refractivity contribution >= 4 is 5.84 Å². The van der Waals surface area contributed by atoms with Crippen LogP contribution in [0.2, 0.25) is 0 Å². The van der Waals surface area contributed by atoms with Crippen molar-refractivity contribution in [1.82, 2.24) is 9.38 Å². The van der Waals surface area contributed by atoms with E-state index in [4.69, 9.17) is 4.42 Å². The first-order valence-corrected chi connectivity index (χ1v) is 5.56. The van der Waals surface area contributed by atoms with E-state index < -0.39 is 11.7 Å². The average Bonchev–Trinajstić information content (AvgIpc) is 2.85. The van der Waals surface area contributed by atoms with Gasteiger partial charge < -0.3 is 4.42 Å². The molecule has 0 saturated carbocycles. The van der Waals surface area contributed by atoms with E-state index in [-0.39, 0.29) is 0 Å². The topological polar surface area (TPSA) is 30.4 Å². The Morgan fingerprint density at radius 1 is 1.21 bits per heavy atom. The Hall–Kier alpha value is -2.24. The fourth-order valence-corrected chi connectivity index (χ4v) is 1.90. The number of rotatable bonds is 1. The molecule has 0 bridgehead atoms. The summed E-state index contributed by atoms with van der Waals surface area (Å²) in [5, 5.41) is 0. The lowest BCUT2D eigenvalue weighted by molar-refractivity contribution is -0.137. The molecular formula is C13H9F3N2O. The van der Waals surface area contributed by atoms with Gasteiger partial charge in [-0.2, -0.15) is 18.2 Å². The molecule has 0 aliphatic heterocycles. The summed E-state index contributed by atoms with van der Waals surface area (Å²) in [5.41, 5.74) is 0.169. The summed E-state index contributed by atoms with van der Waals surface area (Å²) >= 11 is 0. The normalized spacial score (nSPS) is 12.2. The van der Waals surface area contributed by atoms with Gasteiger partial charge in [0.15, 0.2) is 0 Å². The second-order valence-corrected chi connectivity index (χ2v) is 4.24. The monoisotopic (exact) mass is 266 g/mol. The van der Waals surface area contributed by atoms with Gasteiger partial charge in [-0.05, 0) is 19.1 Å². The molecule has 19 heavy (non-hydrogen) atoms. The Kier molecular flexibility index (Phi) is 2.41. The van der Waals surface area contributed by atoms with Gasteiger partial charge in [0.2, 0.25) is 0 Å². The molecule has 0 saturated heterocycles.